The average Bonchev–Trinajstić information content (AvgIpc) is 2.67. The van der Waals surface area contributed by atoms with E-state index >= 15 is 0 Å². The van der Waals surface area contributed by atoms with E-state index in [9.17, 15) is 35.9 Å². The van der Waals surface area contributed by atoms with E-state index in [1.807, 2.05) is 5.32 Å². The van der Waals surface area contributed by atoms with Crippen molar-refractivity contribution in [3.05, 3.63) is 75.6 Å². The first-order chi connectivity index (χ1) is 13.9. The number of anilines is 1. The van der Waals surface area contributed by atoms with Gasteiger partial charge < -0.3 is 9.88 Å². The molecule has 0 radical (unpaired) electrons. The molecule has 2 aromatic carbocycles. The fraction of sp³-hybridized carbons (Fsp3) is 0.200. The van der Waals surface area contributed by atoms with Crippen molar-refractivity contribution < 1.29 is 31.1 Å². The first-order valence-electron chi connectivity index (χ1n) is 8.65. The monoisotopic (exact) mass is 428 g/mol. The number of aryl methyl sites for hydroxylation is 1. The lowest BCUT2D eigenvalue weighted by atomic mass is 10.1. The molecule has 3 rings (SSSR count). The van der Waals surface area contributed by atoms with Gasteiger partial charge in [-0.2, -0.15) is 26.3 Å². The maximum atomic E-state index is 13.0. The number of fused-ring (bicyclic) bond motifs is 1. The molecule has 30 heavy (non-hydrogen) atoms. The topological polar surface area (TPSA) is 51.1 Å². The molecule has 1 N–H and O–H groups in total. The number of benzene rings is 2. The van der Waals surface area contributed by atoms with Crippen molar-refractivity contribution in [2.45, 2.75) is 25.8 Å². The fourth-order valence-corrected chi connectivity index (χ4v) is 2.99. The quantitative estimate of drug-likeness (QED) is 0.575. The molecule has 0 saturated heterocycles. The smallest absolute Gasteiger partial charge is 0.347 e. The van der Waals surface area contributed by atoms with Gasteiger partial charge in [-0.25, -0.2) is 0 Å². The molecule has 158 valence electrons. The molecule has 0 bridgehead atoms. The number of nitrogens with one attached hydrogen (secondary N) is 1. The van der Waals surface area contributed by atoms with Crippen molar-refractivity contribution in [3.8, 4) is 0 Å². The summed E-state index contributed by atoms with van der Waals surface area (Å²) in [5.74, 6) is -1.11. The minimum atomic E-state index is -5.06. The summed E-state index contributed by atoms with van der Waals surface area (Å²) in [6.45, 7) is 2.13. The van der Waals surface area contributed by atoms with Gasteiger partial charge in [0.25, 0.3) is 5.91 Å². The number of aromatic nitrogens is 1. The van der Waals surface area contributed by atoms with Gasteiger partial charge in [-0.3, -0.25) is 9.59 Å². The third kappa shape index (κ3) is 4.17. The van der Waals surface area contributed by atoms with Crippen LogP contribution in [0.1, 0.15) is 28.4 Å². The second kappa shape index (κ2) is 7.51. The van der Waals surface area contributed by atoms with Gasteiger partial charge in [-0.05, 0) is 37.3 Å². The van der Waals surface area contributed by atoms with Crippen LogP contribution in [-0.4, -0.2) is 10.5 Å². The predicted octanol–water partition coefficient (Wildman–Crippen LogP) is 5.31. The minimum absolute atomic E-state index is 0.0459. The predicted molar refractivity (Wildman–Crippen MR) is 98.3 cm³/mol. The van der Waals surface area contributed by atoms with E-state index < -0.39 is 46.1 Å². The molecule has 0 aliphatic carbocycles. The zero-order valence-electron chi connectivity index (χ0n) is 15.4. The van der Waals surface area contributed by atoms with Crippen LogP contribution in [0.15, 0.2) is 53.5 Å². The van der Waals surface area contributed by atoms with Crippen molar-refractivity contribution in [2.24, 2.45) is 0 Å². The SMILES string of the molecule is CCn1cc(C(=O)Nc2cc(C(F)(F)F)cc(C(F)(F)F)c2)c(=O)c2ccccc21. The molecule has 0 unspecified atom stereocenters. The number of nitrogens with zero attached hydrogens (tertiary/aromatic N) is 1. The number of halogens is 6. The summed E-state index contributed by atoms with van der Waals surface area (Å²) >= 11 is 0. The molecule has 0 fully saturated rings. The fourth-order valence-electron chi connectivity index (χ4n) is 2.99. The Labute approximate surface area is 165 Å². The lowest BCUT2D eigenvalue weighted by Crippen LogP contribution is -2.24. The molecular weight excluding hydrogens is 414 g/mol. The Kier molecular flexibility index (Phi) is 5.36. The van der Waals surface area contributed by atoms with Crippen molar-refractivity contribution in [1.29, 1.82) is 0 Å². The molecule has 1 aromatic heterocycles. The number of alkyl halides is 6. The summed E-state index contributed by atoms with van der Waals surface area (Å²) in [6, 6.07) is 7.12. The van der Waals surface area contributed by atoms with E-state index in [-0.39, 0.29) is 11.5 Å². The van der Waals surface area contributed by atoms with Crippen molar-refractivity contribution >= 4 is 22.5 Å². The highest BCUT2D eigenvalue weighted by Gasteiger charge is 2.37. The van der Waals surface area contributed by atoms with E-state index in [4.69, 9.17) is 0 Å². The summed E-state index contributed by atoms with van der Waals surface area (Å²) in [5, 5.41) is 2.19. The lowest BCUT2D eigenvalue weighted by Gasteiger charge is -2.15. The van der Waals surface area contributed by atoms with Crippen LogP contribution >= 0.6 is 0 Å². The molecule has 0 spiro atoms. The first kappa shape index (κ1) is 21.4. The highest BCUT2D eigenvalue weighted by molar-refractivity contribution is 6.05. The first-order valence-corrected chi connectivity index (χ1v) is 8.65. The van der Waals surface area contributed by atoms with Crippen LogP contribution in [0.3, 0.4) is 0 Å². The van der Waals surface area contributed by atoms with Crippen LogP contribution in [0.25, 0.3) is 10.9 Å². The third-order valence-electron chi connectivity index (χ3n) is 4.42. The van der Waals surface area contributed by atoms with Crippen molar-refractivity contribution in [3.63, 3.8) is 0 Å². The Morgan fingerprint density at radius 1 is 0.967 bits per heavy atom. The van der Waals surface area contributed by atoms with Gasteiger partial charge in [0.1, 0.15) is 5.56 Å². The number of pyridine rings is 1. The molecule has 0 saturated carbocycles. The van der Waals surface area contributed by atoms with E-state index in [0.717, 1.165) is 0 Å². The van der Waals surface area contributed by atoms with Gasteiger partial charge in [-0.15, -0.1) is 0 Å². The Hall–Kier alpha value is -3.30. The highest BCUT2D eigenvalue weighted by Crippen LogP contribution is 2.37. The number of hydrogen-bond acceptors (Lipinski definition) is 2. The van der Waals surface area contributed by atoms with Crippen LogP contribution in [0.5, 0.6) is 0 Å². The van der Waals surface area contributed by atoms with Gasteiger partial charge in [0.05, 0.1) is 16.6 Å². The number of rotatable bonds is 3. The van der Waals surface area contributed by atoms with Gasteiger partial charge in [0.2, 0.25) is 5.43 Å². The lowest BCUT2D eigenvalue weighted by molar-refractivity contribution is -0.143. The van der Waals surface area contributed by atoms with E-state index in [2.05, 4.69) is 0 Å². The Morgan fingerprint density at radius 2 is 1.53 bits per heavy atom. The van der Waals surface area contributed by atoms with Crippen LogP contribution in [-0.2, 0) is 18.9 Å². The molecule has 0 atom stereocenters. The van der Waals surface area contributed by atoms with Gasteiger partial charge in [0.15, 0.2) is 0 Å². The second-order valence-electron chi connectivity index (χ2n) is 6.42. The molecule has 3 aromatic rings. The standard InChI is InChI=1S/C20H14F6N2O2/c1-2-28-10-15(17(29)14-5-3-4-6-16(14)28)18(30)27-13-8-11(19(21,22)23)7-12(9-13)20(24,25)26/h3-10H,2H2,1H3,(H,27,30). The maximum absolute atomic E-state index is 13.0. The van der Waals surface area contributed by atoms with Gasteiger partial charge in [0, 0.05) is 23.8 Å². The zero-order chi connectivity index (χ0) is 22.3. The number of hydrogen-bond donors (Lipinski definition) is 1. The Bertz CT molecular complexity index is 1150. The molecule has 1 heterocycles. The van der Waals surface area contributed by atoms with Gasteiger partial charge in [-0.1, -0.05) is 12.1 Å². The molecule has 0 aliphatic heterocycles. The Balaban J connectivity index is 2.08. The second-order valence-corrected chi connectivity index (χ2v) is 6.42. The Morgan fingerprint density at radius 3 is 2.07 bits per heavy atom. The molecular formula is C20H14F6N2O2. The molecule has 10 heteroatoms. The van der Waals surface area contributed by atoms with Crippen LogP contribution in [0, 0.1) is 0 Å². The summed E-state index contributed by atoms with van der Waals surface area (Å²) in [4.78, 5) is 25.2. The number of para-hydroxylation sites is 1. The summed E-state index contributed by atoms with van der Waals surface area (Å²) in [7, 11) is 0. The van der Waals surface area contributed by atoms with E-state index in [1.54, 1.807) is 29.7 Å². The largest absolute Gasteiger partial charge is 0.416 e. The molecule has 1 amide bonds. The normalized spacial score (nSPS) is 12.2. The number of carbonyl (C=O) groups is 1. The van der Waals surface area contributed by atoms with Crippen LogP contribution in [0.2, 0.25) is 0 Å². The number of amides is 1. The van der Waals surface area contributed by atoms with Crippen LogP contribution in [0.4, 0.5) is 32.0 Å². The maximum Gasteiger partial charge on any atom is 0.416 e. The van der Waals surface area contributed by atoms with Gasteiger partial charge >= 0.3 is 12.4 Å². The van der Waals surface area contributed by atoms with E-state index in [1.165, 1.54) is 12.3 Å². The average molecular weight is 428 g/mol. The zero-order valence-corrected chi connectivity index (χ0v) is 15.4. The minimum Gasteiger partial charge on any atom is -0.347 e. The summed E-state index contributed by atoms with van der Waals surface area (Å²) < 4.78 is 79.6. The van der Waals surface area contributed by atoms with Crippen molar-refractivity contribution in [1.82, 2.24) is 4.57 Å². The third-order valence-corrected chi connectivity index (χ3v) is 4.42. The highest BCUT2D eigenvalue weighted by atomic mass is 19.4. The summed E-state index contributed by atoms with van der Waals surface area (Å²) in [5.41, 5.74) is -4.41. The molecule has 4 nitrogen and oxygen atoms in total. The van der Waals surface area contributed by atoms with Crippen LogP contribution < -0.4 is 10.7 Å². The van der Waals surface area contributed by atoms with Crippen molar-refractivity contribution in [2.75, 3.05) is 5.32 Å². The summed E-state index contributed by atoms with van der Waals surface area (Å²) in [6.07, 6.45) is -8.89. The van der Waals surface area contributed by atoms with E-state index in [0.29, 0.717) is 24.2 Å². The molecule has 0 aliphatic rings. The number of carbonyl (C=O) groups excluding carboxylic acids is 1.